The molecule has 2 aliphatic rings. The molecule has 1 aliphatic carbocycles. The number of para-hydroxylation sites is 1. The number of fused-ring (bicyclic) bond motifs is 3. The van der Waals surface area contributed by atoms with E-state index in [1.54, 1.807) is 7.05 Å². The first-order chi connectivity index (χ1) is 15.0. The molecule has 1 aromatic heterocycles. The van der Waals surface area contributed by atoms with E-state index in [9.17, 15) is 14.4 Å². The number of carbonyl (C=O) groups is 3. The normalized spacial score (nSPS) is 20.2. The second-order valence-corrected chi connectivity index (χ2v) is 9.18. The zero-order chi connectivity index (χ0) is 21.6. The van der Waals surface area contributed by atoms with Crippen LogP contribution in [0.3, 0.4) is 0 Å². The standard InChI is InChI=1S/C23H22N4O3S/c1-26(13-19-24-17-10-4-5-11-18(17)31-19)20(28)14-27-21(29)23(25-22(27)30)12-6-8-15-7-2-3-9-16(15)23/h2-5,7,9-11H,6,8,12-14H2,1H3,(H,25,30)/t23-/m0/s1. The van der Waals surface area contributed by atoms with Gasteiger partial charge in [0.1, 0.15) is 17.1 Å². The summed E-state index contributed by atoms with van der Waals surface area (Å²) in [5, 5.41) is 3.71. The zero-order valence-corrected chi connectivity index (χ0v) is 17.9. The Bertz CT molecular complexity index is 1170. The minimum atomic E-state index is -1.06. The number of imide groups is 1. The Labute approximate surface area is 183 Å². The van der Waals surface area contributed by atoms with Gasteiger partial charge in [-0.15, -0.1) is 11.3 Å². The van der Waals surface area contributed by atoms with Crippen molar-refractivity contribution in [2.45, 2.75) is 31.3 Å². The van der Waals surface area contributed by atoms with Gasteiger partial charge >= 0.3 is 6.03 Å². The number of thiazole rings is 1. The Balaban J connectivity index is 1.32. The number of benzene rings is 2. The van der Waals surface area contributed by atoms with Gasteiger partial charge in [-0.3, -0.25) is 14.5 Å². The summed E-state index contributed by atoms with van der Waals surface area (Å²) in [5.41, 5.74) is 1.76. The van der Waals surface area contributed by atoms with Crippen molar-refractivity contribution in [3.8, 4) is 0 Å². The van der Waals surface area contributed by atoms with Gasteiger partial charge in [0.2, 0.25) is 5.91 Å². The minimum Gasteiger partial charge on any atom is -0.337 e. The third-order valence-corrected chi connectivity index (χ3v) is 7.10. The molecular formula is C23H22N4O3S. The number of nitrogens with zero attached hydrogens (tertiary/aromatic N) is 3. The molecule has 158 valence electrons. The Hall–Kier alpha value is -3.26. The van der Waals surface area contributed by atoms with E-state index in [1.165, 1.54) is 16.2 Å². The summed E-state index contributed by atoms with van der Waals surface area (Å²) in [6.07, 6.45) is 2.23. The van der Waals surface area contributed by atoms with E-state index >= 15 is 0 Å². The molecule has 0 saturated carbocycles. The molecule has 1 fully saturated rings. The fourth-order valence-corrected chi connectivity index (χ4v) is 5.51. The van der Waals surface area contributed by atoms with Crippen LogP contribution in [-0.2, 0) is 28.1 Å². The van der Waals surface area contributed by atoms with Crippen molar-refractivity contribution in [3.05, 3.63) is 64.7 Å². The summed E-state index contributed by atoms with van der Waals surface area (Å²) >= 11 is 1.53. The van der Waals surface area contributed by atoms with Crippen LogP contribution in [0.4, 0.5) is 4.79 Å². The van der Waals surface area contributed by atoms with Crippen LogP contribution >= 0.6 is 11.3 Å². The third kappa shape index (κ3) is 3.27. The van der Waals surface area contributed by atoms with E-state index in [2.05, 4.69) is 10.3 Å². The van der Waals surface area contributed by atoms with Gasteiger partial charge in [-0.1, -0.05) is 36.4 Å². The fourth-order valence-electron chi connectivity index (χ4n) is 4.49. The summed E-state index contributed by atoms with van der Waals surface area (Å²) in [5.74, 6) is -0.643. The molecule has 0 radical (unpaired) electrons. The van der Waals surface area contributed by atoms with Crippen LogP contribution in [0.2, 0.25) is 0 Å². The van der Waals surface area contributed by atoms with E-state index < -0.39 is 11.6 Å². The van der Waals surface area contributed by atoms with Crippen molar-refractivity contribution in [1.29, 1.82) is 0 Å². The number of nitrogens with one attached hydrogen (secondary N) is 1. The SMILES string of the molecule is CN(Cc1nc2ccccc2s1)C(=O)CN1C(=O)N[C@]2(CCCc3ccccc32)C1=O. The van der Waals surface area contributed by atoms with Gasteiger partial charge < -0.3 is 10.2 Å². The lowest BCUT2D eigenvalue weighted by molar-refractivity contribution is -0.139. The molecule has 1 aliphatic heterocycles. The Morgan fingerprint density at radius 3 is 2.81 bits per heavy atom. The number of likely N-dealkylation sites (N-methyl/N-ethyl adjacent to an activating group) is 1. The number of carbonyl (C=O) groups excluding carboxylic acids is 3. The van der Waals surface area contributed by atoms with Crippen LogP contribution < -0.4 is 5.32 Å². The molecule has 1 saturated heterocycles. The van der Waals surface area contributed by atoms with Gasteiger partial charge in [0.25, 0.3) is 5.91 Å². The van der Waals surface area contributed by atoms with Crippen molar-refractivity contribution in [3.63, 3.8) is 0 Å². The lowest BCUT2D eigenvalue weighted by Crippen LogP contribution is -2.47. The number of aromatic nitrogens is 1. The zero-order valence-electron chi connectivity index (χ0n) is 17.1. The van der Waals surface area contributed by atoms with E-state index in [0.29, 0.717) is 13.0 Å². The number of aryl methyl sites for hydroxylation is 1. The van der Waals surface area contributed by atoms with Gasteiger partial charge in [-0.05, 0) is 42.5 Å². The predicted molar refractivity (Wildman–Crippen MR) is 117 cm³/mol. The highest BCUT2D eigenvalue weighted by Crippen LogP contribution is 2.39. The molecule has 1 spiro atoms. The maximum atomic E-state index is 13.4. The van der Waals surface area contributed by atoms with Crippen LogP contribution in [0, 0.1) is 0 Å². The molecule has 5 rings (SSSR count). The molecule has 1 N–H and O–H groups in total. The van der Waals surface area contributed by atoms with E-state index in [4.69, 9.17) is 0 Å². The highest BCUT2D eigenvalue weighted by Gasteiger charge is 2.54. The molecule has 31 heavy (non-hydrogen) atoms. The number of rotatable bonds is 4. The van der Waals surface area contributed by atoms with E-state index in [0.717, 1.165) is 44.1 Å². The molecule has 8 heteroatoms. The monoisotopic (exact) mass is 434 g/mol. The molecule has 2 heterocycles. The Morgan fingerprint density at radius 2 is 1.97 bits per heavy atom. The predicted octanol–water partition coefficient (Wildman–Crippen LogP) is 3.04. The van der Waals surface area contributed by atoms with Crippen LogP contribution in [0.5, 0.6) is 0 Å². The average Bonchev–Trinajstić information content (AvgIpc) is 3.28. The second kappa shape index (κ2) is 7.46. The summed E-state index contributed by atoms with van der Waals surface area (Å²) in [6, 6.07) is 15.0. The Morgan fingerprint density at radius 1 is 1.19 bits per heavy atom. The minimum absolute atomic E-state index is 0.282. The maximum absolute atomic E-state index is 13.4. The van der Waals surface area contributed by atoms with Crippen LogP contribution in [0.25, 0.3) is 10.2 Å². The second-order valence-electron chi connectivity index (χ2n) is 8.06. The molecule has 1 atom stereocenters. The quantitative estimate of drug-likeness (QED) is 0.640. The number of urea groups is 1. The molecule has 3 aromatic rings. The van der Waals surface area contributed by atoms with Crippen molar-refractivity contribution >= 4 is 39.4 Å². The van der Waals surface area contributed by atoms with E-state index in [1.807, 2.05) is 48.5 Å². The van der Waals surface area contributed by atoms with Gasteiger partial charge in [-0.25, -0.2) is 9.78 Å². The smallest absolute Gasteiger partial charge is 0.325 e. The first kappa shape index (κ1) is 19.7. The van der Waals surface area contributed by atoms with Crippen molar-refractivity contribution in [2.24, 2.45) is 0 Å². The van der Waals surface area contributed by atoms with Gasteiger partial charge in [0, 0.05) is 7.05 Å². The molecule has 4 amide bonds. The molecule has 0 bridgehead atoms. The van der Waals surface area contributed by atoms with Crippen LogP contribution in [-0.4, -0.2) is 46.2 Å². The Kier molecular flexibility index (Phi) is 4.74. The lowest BCUT2D eigenvalue weighted by atomic mass is 9.76. The topological polar surface area (TPSA) is 82.6 Å². The largest absolute Gasteiger partial charge is 0.337 e. The summed E-state index contributed by atoms with van der Waals surface area (Å²) < 4.78 is 1.06. The third-order valence-electron chi connectivity index (χ3n) is 6.08. The van der Waals surface area contributed by atoms with Crippen molar-refractivity contribution in [1.82, 2.24) is 20.1 Å². The van der Waals surface area contributed by atoms with E-state index in [-0.39, 0.29) is 18.4 Å². The summed E-state index contributed by atoms with van der Waals surface area (Å²) in [6.45, 7) is 0.0474. The maximum Gasteiger partial charge on any atom is 0.325 e. The van der Waals surface area contributed by atoms with Crippen LogP contribution in [0.15, 0.2) is 48.5 Å². The van der Waals surface area contributed by atoms with Gasteiger partial charge in [0.15, 0.2) is 0 Å². The van der Waals surface area contributed by atoms with Gasteiger partial charge in [-0.2, -0.15) is 0 Å². The summed E-state index contributed by atoms with van der Waals surface area (Å²) in [4.78, 5) is 46.0. The molecule has 0 unspecified atom stereocenters. The number of hydrogen-bond donors (Lipinski definition) is 1. The molecule has 7 nitrogen and oxygen atoms in total. The number of amides is 4. The number of hydrogen-bond acceptors (Lipinski definition) is 5. The summed E-state index contributed by atoms with van der Waals surface area (Å²) in [7, 11) is 1.67. The van der Waals surface area contributed by atoms with Gasteiger partial charge in [0.05, 0.1) is 16.8 Å². The fraction of sp³-hybridized carbons (Fsp3) is 0.304. The molecule has 2 aromatic carbocycles. The first-order valence-corrected chi connectivity index (χ1v) is 11.1. The van der Waals surface area contributed by atoms with Crippen molar-refractivity contribution in [2.75, 3.05) is 13.6 Å². The van der Waals surface area contributed by atoms with Crippen molar-refractivity contribution < 1.29 is 14.4 Å². The lowest BCUT2D eigenvalue weighted by Gasteiger charge is -2.33. The first-order valence-electron chi connectivity index (χ1n) is 10.3. The average molecular weight is 435 g/mol. The highest BCUT2D eigenvalue weighted by atomic mass is 32.1. The van der Waals surface area contributed by atoms with Crippen LogP contribution in [0.1, 0.15) is 29.0 Å². The highest BCUT2D eigenvalue weighted by molar-refractivity contribution is 7.18. The molecular weight excluding hydrogens is 412 g/mol.